The average molecular weight is 364 g/mol. The third-order valence-electron chi connectivity index (χ3n) is 4.41. The number of fused-ring (bicyclic) bond motifs is 1. The van der Waals surface area contributed by atoms with E-state index in [0.29, 0.717) is 16.8 Å². The van der Waals surface area contributed by atoms with Crippen molar-refractivity contribution in [2.45, 2.75) is 0 Å². The van der Waals surface area contributed by atoms with Crippen LogP contribution in [0.3, 0.4) is 0 Å². The number of carbonyl (C=O) groups excluding carboxylic acids is 1. The normalized spacial score (nSPS) is 10.8. The summed E-state index contributed by atoms with van der Waals surface area (Å²) in [5, 5.41) is 20.2. The molecule has 1 amide bonds. The molecule has 0 atom stereocenters. The number of H-pyrrole nitrogens is 1. The Morgan fingerprint density at radius 2 is 1.71 bits per heavy atom. The number of carbonyl (C=O) groups is 1. The number of aromatic amines is 1. The first-order valence-corrected chi connectivity index (χ1v) is 8.76. The van der Waals surface area contributed by atoms with Crippen molar-refractivity contribution >= 4 is 34.6 Å². The number of rotatable bonds is 4. The molecule has 4 rings (SSSR count). The highest BCUT2D eigenvalue weighted by Crippen LogP contribution is 2.21. The molecule has 0 aliphatic heterocycles. The van der Waals surface area contributed by atoms with Gasteiger partial charge in [-0.05, 0) is 48.0 Å². The first-order chi connectivity index (χ1) is 13.7. The summed E-state index contributed by atoms with van der Waals surface area (Å²) >= 11 is 0. The van der Waals surface area contributed by atoms with E-state index in [-0.39, 0.29) is 5.91 Å². The summed E-state index contributed by atoms with van der Waals surface area (Å²) in [6.45, 7) is 0. The zero-order chi connectivity index (χ0) is 19.3. The van der Waals surface area contributed by atoms with Crippen LogP contribution in [0, 0.1) is 11.3 Å². The number of aromatic nitrogens is 2. The van der Waals surface area contributed by atoms with Gasteiger partial charge in [0, 0.05) is 16.6 Å². The minimum absolute atomic E-state index is 0.226. The number of benzene rings is 3. The fourth-order valence-electron chi connectivity index (χ4n) is 2.93. The Morgan fingerprint density at radius 3 is 2.54 bits per heavy atom. The second-order valence-corrected chi connectivity index (χ2v) is 6.22. The van der Waals surface area contributed by atoms with Gasteiger partial charge in [-0.15, -0.1) is 0 Å². The number of nitriles is 1. The summed E-state index contributed by atoms with van der Waals surface area (Å²) in [4.78, 5) is 12.5. The van der Waals surface area contributed by atoms with Crippen molar-refractivity contribution in [3.8, 4) is 6.07 Å². The van der Waals surface area contributed by atoms with Crippen LogP contribution in [0.5, 0.6) is 0 Å². The lowest BCUT2D eigenvalue weighted by Crippen LogP contribution is -2.12. The zero-order valence-electron chi connectivity index (χ0n) is 14.9. The highest BCUT2D eigenvalue weighted by molar-refractivity contribution is 6.05. The van der Waals surface area contributed by atoms with Crippen molar-refractivity contribution in [3.63, 3.8) is 0 Å². The predicted octanol–water partition coefficient (Wildman–Crippen LogP) is 4.86. The number of amides is 1. The van der Waals surface area contributed by atoms with E-state index in [2.05, 4.69) is 15.5 Å². The van der Waals surface area contributed by atoms with E-state index in [0.717, 1.165) is 22.2 Å². The van der Waals surface area contributed by atoms with Crippen molar-refractivity contribution in [2.24, 2.45) is 0 Å². The average Bonchev–Trinajstić information content (AvgIpc) is 3.16. The Kier molecular flexibility index (Phi) is 4.68. The fraction of sp³-hybridized carbons (Fsp3) is 0. The van der Waals surface area contributed by atoms with Gasteiger partial charge in [-0.2, -0.15) is 10.4 Å². The lowest BCUT2D eigenvalue weighted by atomic mass is 10.1. The second kappa shape index (κ2) is 7.60. The van der Waals surface area contributed by atoms with Crippen molar-refractivity contribution in [3.05, 3.63) is 95.2 Å². The molecule has 0 aliphatic rings. The van der Waals surface area contributed by atoms with Gasteiger partial charge >= 0.3 is 0 Å². The molecule has 0 aliphatic carbocycles. The van der Waals surface area contributed by atoms with E-state index >= 15 is 0 Å². The molecule has 0 saturated heterocycles. The molecule has 3 aromatic carbocycles. The zero-order valence-corrected chi connectivity index (χ0v) is 14.9. The molecule has 0 bridgehead atoms. The van der Waals surface area contributed by atoms with Crippen LogP contribution in [0.2, 0.25) is 0 Å². The van der Waals surface area contributed by atoms with E-state index in [1.807, 2.05) is 66.8 Å². The number of anilines is 1. The van der Waals surface area contributed by atoms with Crippen molar-refractivity contribution < 1.29 is 4.79 Å². The number of nitrogens with zero attached hydrogens (tertiary/aromatic N) is 2. The molecule has 1 aromatic heterocycles. The van der Waals surface area contributed by atoms with Gasteiger partial charge in [-0.1, -0.05) is 42.5 Å². The minimum atomic E-state index is -0.226. The van der Waals surface area contributed by atoms with Crippen LogP contribution in [0.4, 0.5) is 5.69 Å². The fourth-order valence-corrected chi connectivity index (χ4v) is 2.93. The Labute approximate surface area is 161 Å². The summed E-state index contributed by atoms with van der Waals surface area (Å²) in [7, 11) is 0. The Bertz CT molecular complexity index is 1210. The maximum atomic E-state index is 12.5. The maximum Gasteiger partial charge on any atom is 0.255 e. The Morgan fingerprint density at radius 1 is 0.964 bits per heavy atom. The largest absolute Gasteiger partial charge is 0.321 e. The van der Waals surface area contributed by atoms with Gasteiger partial charge in [0.2, 0.25) is 0 Å². The van der Waals surface area contributed by atoms with Gasteiger partial charge in [0.1, 0.15) is 0 Å². The van der Waals surface area contributed by atoms with Gasteiger partial charge in [-0.25, -0.2) is 0 Å². The van der Waals surface area contributed by atoms with Crippen LogP contribution in [-0.2, 0) is 0 Å². The van der Waals surface area contributed by atoms with Gasteiger partial charge in [0.25, 0.3) is 5.91 Å². The van der Waals surface area contributed by atoms with Crippen molar-refractivity contribution in [1.82, 2.24) is 10.2 Å². The first kappa shape index (κ1) is 17.3. The molecule has 4 aromatic rings. The van der Waals surface area contributed by atoms with E-state index in [1.54, 1.807) is 24.3 Å². The Hall–Kier alpha value is -4.17. The molecule has 0 fully saturated rings. The smallest absolute Gasteiger partial charge is 0.255 e. The summed E-state index contributed by atoms with van der Waals surface area (Å²) in [6.07, 6.45) is 3.85. The van der Waals surface area contributed by atoms with Gasteiger partial charge in [0.05, 0.1) is 22.8 Å². The van der Waals surface area contributed by atoms with Crippen LogP contribution >= 0.6 is 0 Å². The van der Waals surface area contributed by atoms with E-state index in [4.69, 9.17) is 5.26 Å². The van der Waals surface area contributed by atoms with E-state index in [1.165, 1.54) is 0 Å². The number of nitrogens with one attached hydrogen (secondary N) is 2. The summed E-state index contributed by atoms with van der Waals surface area (Å²) in [6, 6.07) is 24.1. The molecule has 0 unspecified atom stereocenters. The van der Waals surface area contributed by atoms with Crippen molar-refractivity contribution in [2.75, 3.05) is 5.32 Å². The van der Waals surface area contributed by atoms with Gasteiger partial charge < -0.3 is 5.32 Å². The van der Waals surface area contributed by atoms with Crippen LogP contribution in [0.25, 0.3) is 23.1 Å². The standard InChI is InChI=1S/C23H16N4O/c24-15-16-9-11-18(12-10-16)23(28)25-20-7-3-1-5-17(20)13-14-22-19-6-2-4-8-21(19)26-27-22/h1-14H,(H,25,28)(H,26,27). The maximum absolute atomic E-state index is 12.5. The lowest BCUT2D eigenvalue weighted by molar-refractivity contribution is 0.102. The molecule has 2 N–H and O–H groups in total. The quantitative estimate of drug-likeness (QED) is 0.543. The number of hydrogen-bond acceptors (Lipinski definition) is 3. The molecule has 5 nitrogen and oxygen atoms in total. The minimum Gasteiger partial charge on any atom is -0.321 e. The van der Waals surface area contributed by atoms with Crippen molar-refractivity contribution in [1.29, 1.82) is 5.26 Å². The topological polar surface area (TPSA) is 81.6 Å². The van der Waals surface area contributed by atoms with Crippen LogP contribution in [0.15, 0.2) is 72.8 Å². The SMILES string of the molecule is N#Cc1ccc(C(=O)Nc2ccccc2C=Cc2n[nH]c3ccccc23)cc1. The van der Waals surface area contributed by atoms with E-state index in [9.17, 15) is 4.79 Å². The summed E-state index contributed by atoms with van der Waals surface area (Å²) < 4.78 is 0. The molecule has 0 saturated carbocycles. The second-order valence-electron chi connectivity index (χ2n) is 6.22. The number of hydrogen-bond donors (Lipinski definition) is 2. The lowest BCUT2D eigenvalue weighted by Gasteiger charge is -2.08. The molecular weight excluding hydrogens is 348 g/mol. The number of para-hydroxylation sites is 2. The van der Waals surface area contributed by atoms with Crippen LogP contribution < -0.4 is 5.32 Å². The molecule has 0 radical (unpaired) electrons. The summed E-state index contributed by atoms with van der Waals surface area (Å²) in [5.74, 6) is -0.226. The molecule has 5 heteroatoms. The highest BCUT2D eigenvalue weighted by atomic mass is 16.1. The van der Waals surface area contributed by atoms with Gasteiger partial charge in [-0.3, -0.25) is 9.89 Å². The molecule has 1 heterocycles. The first-order valence-electron chi connectivity index (χ1n) is 8.76. The molecule has 0 spiro atoms. The highest BCUT2D eigenvalue weighted by Gasteiger charge is 2.08. The van der Waals surface area contributed by atoms with Crippen LogP contribution in [-0.4, -0.2) is 16.1 Å². The third-order valence-corrected chi connectivity index (χ3v) is 4.41. The summed E-state index contributed by atoms with van der Waals surface area (Å²) in [5.41, 5.74) is 4.40. The molecule has 28 heavy (non-hydrogen) atoms. The molecule has 134 valence electrons. The monoisotopic (exact) mass is 364 g/mol. The Balaban J connectivity index is 1.58. The molecular formula is C23H16N4O. The third kappa shape index (κ3) is 3.53. The van der Waals surface area contributed by atoms with E-state index < -0.39 is 0 Å². The van der Waals surface area contributed by atoms with Crippen LogP contribution in [0.1, 0.15) is 27.2 Å². The van der Waals surface area contributed by atoms with Gasteiger partial charge in [0.15, 0.2) is 0 Å². The predicted molar refractivity (Wildman–Crippen MR) is 111 cm³/mol.